The molecule has 6 nitrogen and oxygen atoms in total. The molecule has 30 heavy (non-hydrogen) atoms. The van der Waals surface area contributed by atoms with Crippen molar-refractivity contribution in [1.29, 1.82) is 0 Å². The summed E-state index contributed by atoms with van der Waals surface area (Å²) in [4.78, 5) is 24.1. The van der Waals surface area contributed by atoms with E-state index in [1.165, 1.54) is 5.69 Å². The molecule has 1 aromatic carbocycles. The smallest absolute Gasteiger partial charge is 0.254 e. The highest BCUT2D eigenvalue weighted by Gasteiger charge is 2.20. The fourth-order valence-electron chi connectivity index (χ4n) is 3.85. The van der Waals surface area contributed by atoms with E-state index >= 15 is 0 Å². The molecule has 3 rings (SSSR count). The summed E-state index contributed by atoms with van der Waals surface area (Å²) >= 11 is 0. The molecule has 1 amide bonds. The van der Waals surface area contributed by atoms with Gasteiger partial charge in [0.15, 0.2) is 0 Å². The highest BCUT2D eigenvalue weighted by molar-refractivity contribution is 5.94. The zero-order valence-electron chi connectivity index (χ0n) is 18.5. The fourth-order valence-corrected chi connectivity index (χ4v) is 3.85. The number of aromatic nitrogens is 1. The van der Waals surface area contributed by atoms with Gasteiger partial charge < -0.3 is 14.5 Å². The van der Waals surface area contributed by atoms with E-state index in [0.717, 1.165) is 43.7 Å². The molecule has 162 valence electrons. The number of hydrogen-bond acceptors (Lipinski definition) is 5. The average Bonchev–Trinajstić information content (AvgIpc) is 2.79. The maximum Gasteiger partial charge on any atom is 0.254 e. The summed E-state index contributed by atoms with van der Waals surface area (Å²) in [5.41, 5.74) is 3.00. The molecule has 1 saturated heterocycles. The molecule has 0 unspecified atom stereocenters. The third kappa shape index (κ3) is 6.03. The van der Waals surface area contributed by atoms with Crippen LogP contribution in [0.4, 0.5) is 5.69 Å². The zero-order chi connectivity index (χ0) is 21.3. The van der Waals surface area contributed by atoms with Gasteiger partial charge in [0.1, 0.15) is 0 Å². The molecule has 0 spiro atoms. The minimum absolute atomic E-state index is 0.0547. The van der Waals surface area contributed by atoms with Gasteiger partial charge in [-0.2, -0.15) is 0 Å². The number of ether oxygens (including phenoxy) is 1. The standard InChI is InChI=1S/C24H34N4O2/c1-20(2)26-14-16-27(17-15-26)23-7-5-22(6-8-23)24(29)28(13-4-18-30-3)19-21-9-11-25-12-10-21/h5-12,20H,4,13-19H2,1-3H3. The lowest BCUT2D eigenvalue weighted by molar-refractivity contribution is 0.0723. The van der Waals surface area contributed by atoms with Crippen LogP contribution in [0.1, 0.15) is 36.2 Å². The molecule has 1 fully saturated rings. The van der Waals surface area contributed by atoms with E-state index < -0.39 is 0 Å². The van der Waals surface area contributed by atoms with Crippen LogP contribution in [0.5, 0.6) is 0 Å². The Morgan fingerprint density at radius 1 is 1.07 bits per heavy atom. The molecule has 0 aliphatic carbocycles. The highest BCUT2D eigenvalue weighted by Crippen LogP contribution is 2.19. The van der Waals surface area contributed by atoms with Crippen LogP contribution in [-0.2, 0) is 11.3 Å². The van der Waals surface area contributed by atoms with E-state index in [1.54, 1.807) is 19.5 Å². The Bertz CT molecular complexity index is 772. The van der Waals surface area contributed by atoms with Crippen molar-refractivity contribution in [3.63, 3.8) is 0 Å². The molecule has 2 aromatic rings. The predicted molar refractivity (Wildman–Crippen MR) is 121 cm³/mol. The van der Waals surface area contributed by atoms with Crippen molar-refractivity contribution in [2.75, 3.05) is 51.3 Å². The summed E-state index contributed by atoms with van der Waals surface area (Å²) in [6.45, 7) is 10.6. The van der Waals surface area contributed by atoms with Gasteiger partial charge in [-0.15, -0.1) is 0 Å². The zero-order valence-corrected chi connectivity index (χ0v) is 18.5. The van der Waals surface area contributed by atoms with Crippen LogP contribution in [0.15, 0.2) is 48.8 Å². The average molecular weight is 411 g/mol. The fraction of sp³-hybridized carbons (Fsp3) is 0.500. The van der Waals surface area contributed by atoms with Gasteiger partial charge in [-0.05, 0) is 62.2 Å². The predicted octanol–water partition coefficient (Wildman–Crippen LogP) is 3.29. The minimum atomic E-state index is 0.0547. The summed E-state index contributed by atoms with van der Waals surface area (Å²) in [7, 11) is 1.69. The van der Waals surface area contributed by atoms with E-state index in [-0.39, 0.29) is 5.91 Å². The molecule has 1 aromatic heterocycles. The molecular formula is C24H34N4O2. The van der Waals surface area contributed by atoms with Gasteiger partial charge >= 0.3 is 0 Å². The van der Waals surface area contributed by atoms with Crippen molar-refractivity contribution in [1.82, 2.24) is 14.8 Å². The van der Waals surface area contributed by atoms with Crippen LogP contribution >= 0.6 is 0 Å². The van der Waals surface area contributed by atoms with Crippen molar-refractivity contribution >= 4 is 11.6 Å². The van der Waals surface area contributed by atoms with Crippen LogP contribution in [-0.4, -0.2) is 73.2 Å². The molecule has 2 heterocycles. The number of methoxy groups -OCH3 is 1. The Labute approximate surface area is 180 Å². The number of nitrogens with zero attached hydrogens (tertiary/aromatic N) is 4. The number of benzene rings is 1. The number of carbonyl (C=O) groups is 1. The summed E-state index contributed by atoms with van der Waals surface area (Å²) in [6.07, 6.45) is 4.34. The van der Waals surface area contributed by atoms with Crippen LogP contribution in [0, 0.1) is 0 Å². The van der Waals surface area contributed by atoms with Gasteiger partial charge in [0.2, 0.25) is 0 Å². The van der Waals surface area contributed by atoms with E-state index in [9.17, 15) is 4.79 Å². The SMILES string of the molecule is COCCCN(Cc1ccncc1)C(=O)c1ccc(N2CCN(C(C)C)CC2)cc1. The second kappa shape index (κ2) is 11.1. The number of rotatable bonds is 9. The van der Waals surface area contributed by atoms with Crippen LogP contribution < -0.4 is 4.90 Å². The highest BCUT2D eigenvalue weighted by atomic mass is 16.5. The lowest BCUT2D eigenvalue weighted by atomic mass is 10.1. The normalized spacial score (nSPS) is 14.9. The first-order chi connectivity index (χ1) is 14.6. The lowest BCUT2D eigenvalue weighted by Gasteiger charge is -2.38. The number of carbonyl (C=O) groups excluding carboxylic acids is 1. The minimum Gasteiger partial charge on any atom is -0.385 e. The van der Waals surface area contributed by atoms with Crippen molar-refractivity contribution < 1.29 is 9.53 Å². The first-order valence-corrected chi connectivity index (χ1v) is 10.8. The molecule has 1 aliphatic rings. The maximum absolute atomic E-state index is 13.2. The van der Waals surface area contributed by atoms with E-state index in [4.69, 9.17) is 4.74 Å². The van der Waals surface area contributed by atoms with Gasteiger partial charge in [-0.3, -0.25) is 14.7 Å². The Balaban J connectivity index is 1.65. The first-order valence-electron chi connectivity index (χ1n) is 10.8. The molecule has 6 heteroatoms. The summed E-state index contributed by atoms with van der Waals surface area (Å²) < 4.78 is 5.18. The van der Waals surface area contributed by atoms with Crippen LogP contribution in [0.2, 0.25) is 0 Å². The Kier molecular flexibility index (Phi) is 8.22. The van der Waals surface area contributed by atoms with E-state index in [2.05, 4.69) is 40.8 Å². The van der Waals surface area contributed by atoms with Crippen LogP contribution in [0.25, 0.3) is 0 Å². The molecule has 0 radical (unpaired) electrons. The van der Waals surface area contributed by atoms with Gasteiger partial charge in [0, 0.05) is 82.7 Å². The molecule has 0 atom stereocenters. The van der Waals surface area contributed by atoms with Gasteiger partial charge in [-0.25, -0.2) is 0 Å². The second-order valence-corrected chi connectivity index (χ2v) is 8.09. The summed E-state index contributed by atoms with van der Waals surface area (Å²) in [5, 5.41) is 0. The maximum atomic E-state index is 13.2. The Morgan fingerprint density at radius 3 is 2.33 bits per heavy atom. The van der Waals surface area contributed by atoms with Gasteiger partial charge in [0.25, 0.3) is 5.91 Å². The van der Waals surface area contributed by atoms with Crippen LogP contribution in [0.3, 0.4) is 0 Å². The summed E-state index contributed by atoms with van der Waals surface area (Å²) in [6, 6.07) is 12.6. The molecule has 0 N–H and O–H groups in total. The monoisotopic (exact) mass is 410 g/mol. The third-order valence-electron chi connectivity index (χ3n) is 5.71. The quantitative estimate of drug-likeness (QED) is 0.594. The topological polar surface area (TPSA) is 48.9 Å². The van der Waals surface area contributed by atoms with Crippen molar-refractivity contribution in [2.45, 2.75) is 32.9 Å². The summed E-state index contributed by atoms with van der Waals surface area (Å²) in [5.74, 6) is 0.0547. The molecule has 0 saturated carbocycles. The van der Waals surface area contributed by atoms with E-state index in [1.807, 2.05) is 29.2 Å². The van der Waals surface area contributed by atoms with Gasteiger partial charge in [-0.1, -0.05) is 0 Å². The number of amides is 1. The van der Waals surface area contributed by atoms with Crippen molar-refractivity contribution in [2.24, 2.45) is 0 Å². The molecule has 1 aliphatic heterocycles. The number of pyridine rings is 1. The lowest BCUT2D eigenvalue weighted by Crippen LogP contribution is -2.48. The number of piperazine rings is 1. The van der Waals surface area contributed by atoms with Crippen molar-refractivity contribution in [3.8, 4) is 0 Å². The first kappa shape index (κ1) is 22.2. The molecule has 0 bridgehead atoms. The Morgan fingerprint density at radius 2 is 1.73 bits per heavy atom. The second-order valence-electron chi connectivity index (χ2n) is 8.09. The van der Waals surface area contributed by atoms with Crippen molar-refractivity contribution in [3.05, 3.63) is 59.9 Å². The molecular weight excluding hydrogens is 376 g/mol. The van der Waals surface area contributed by atoms with E-state index in [0.29, 0.717) is 25.7 Å². The third-order valence-corrected chi connectivity index (χ3v) is 5.71. The van der Waals surface area contributed by atoms with Gasteiger partial charge in [0.05, 0.1) is 0 Å². The number of anilines is 1. The largest absolute Gasteiger partial charge is 0.385 e. The number of hydrogen-bond donors (Lipinski definition) is 0. The Hall–Kier alpha value is -2.44.